The lowest BCUT2D eigenvalue weighted by Crippen LogP contribution is -2.26. The third-order valence-electron chi connectivity index (χ3n) is 2.10. The Morgan fingerprint density at radius 3 is 2.93 bits per heavy atom. The molecule has 1 aromatic heterocycles. The largest absolute Gasteiger partial charge is 0.365 e. The van der Waals surface area contributed by atoms with E-state index in [1.54, 1.807) is 17.0 Å². The first-order valence-corrected chi connectivity index (χ1v) is 5.18. The monoisotopic (exact) mass is 210 g/mol. The zero-order chi connectivity index (χ0) is 11.3. The summed E-state index contributed by atoms with van der Waals surface area (Å²) in [6.07, 6.45) is 4.16. The van der Waals surface area contributed by atoms with Crippen LogP contribution in [0.25, 0.3) is 0 Å². The summed E-state index contributed by atoms with van der Waals surface area (Å²) in [6, 6.07) is 0.149. The van der Waals surface area contributed by atoms with E-state index in [1.165, 1.54) is 0 Å². The van der Waals surface area contributed by atoms with Gasteiger partial charge in [0.1, 0.15) is 0 Å². The second-order valence-corrected chi connectivity index (χ2v) is 3.65. The Hall–Kier alpha value is -1.36. The topological polar surface area (TPSA) is 72.9 Å². The third kappa shape index (κ3) is 3.06. The molecule has 5 nitrogen and oxygen atoms in total. The van der Waals surface area contributed by atoms with E-state index in [2.05, 4.69) is 10.3 Å². The van der Waals surface area contributed by atoms with E-state index in [4.69, 9.17) is 5.73 Å². The smallest absolute Gasteiger partial charge is 0.293 e. The van der Waals surface area contributed by atoms with Crippen molar-refractivity contribution in [3.8, 4) is 0 Å². The van der Waals surface area contributed by atoms with Gasteiger partial charge in [-0.15, -0.1) is 0 Å². The number of nitrogens with two attached hydrogens (primary N) is 1. The van der Waals surface area contributed by atoms with E-state index in [1.807, 2.05) is 13.8 Å². The highest BCUT2D eigenvalue weighted by Gasteiger charge is 2.05. The Labute approximate surface area is 89.3 Å². The van der Waals surface area contributed by atoms with Crippen LogP contribution in [-0.2, 0) is 0 Å². The third-order valence-corrected chi connectivity index (χ3v) is 2.10. The van der Waals surface area contributed by atoms with Crippen molar-refractivity contribution in [3.05, 3.63) is 22.7 Å². The lowest BCUT2D eigenvalue weighted by molar-refractivity contribution is 0.575. The molecule has 0 aliphatic carbocycles. The molecule has 5 heteroatoms. The van der Waals surface area contributed by atoms with Crippen LogP contribution in [0.4, 0.5) is 5.82 Å². The molecule has 0 saturated carbocycles. The second-order valence-electron chi connectivity index (χ2n) is 3.65. The first-order valence-electron chi connectivity index (χ1n) is 5.18. The molecule has 0 amide bonds. The lowest BCUT2D eigenvalue weighted by Gasteiger charge is -2.11. The molecular weight excluding hydrogens is 192 g/mol. The Morgan fingerprint density at radius 2 is 2.33 bits per heavy atom. The molecule has 1 heterocycles. The van der Waals surface area contributed by atoms with Crippen LogP contribution in [-0.4, -0.2) is 22.6 Å². The van der Waals surface area contributed by atoms with Gasteiger partial charge in [0.25, 0.3) is 5.56 Å². The van der Waals surface area contributed by atoms with Crippen LogP contribution in [0, 0.1) is 0 Å². The summed E-state index contributed by atoms with van der Waals surface area (Å²) in [5, 5.41) is 2.98. The predicted molar refractivity (Wildman–Crippen MR) is 61.0 cm³/mol. The molecule has 0 fully saturated rings. The fourth-order valence-corrected chi connectivity index (χ4v) is 1.26. The van der Waals surface area contributed by atoms with Crippen LogP contribution >= 0.6 is 0 Å². The Balaban J connectivity index is 2.81. The number of hydrogen-bond donors (Lipinski definition) is 2. The molecule has 0 saturated heterocycles. The van der Waals surface area contributed by atoms with Gasteiger partial charge < -0.3 is 15.6 Å². The van der Waals surface area contributed by atoms with Gasteiger partial charge >= 0.3 is 0 Å². The molecule has 15 heavy (non-hydrogen) atoms. The molecule has 0 spiro atoms. The van der Waals surface area contributed by atoms with Crippen molar-refractivity contribution in [2.75, 3.05) is 18.4 Å². The molecule has 0 bridgehead atoms. The quantitative estimate of drug-likeness (QED) is 0.697. The minimum Gasteiger partial charge on any atom is -0.365 e. The highest BCUT2D eigenvalue weighted by molar-refractivity contribution is 5.30. The maximum absolute atomic E-state index is 11.8. The van der Waals surface area contributed by atoms with Crippen LogP contribution < -0.4 is 16.6 Å². The van der Waals surface area contributed by atoms with E-state index in [9.17, 15) is 4.79 Å². The molecule has 1 rings (SSSR count). The van der Waals surface area contributed by atoms with E-state index in [0.717, 1.165) is 6.42 Å². The molecule has 0 aliphatic heterocycles. The van der Waals surface area contributed by atoms with Gasteiger partial charge in [-0.05, 0) is 26.8 Å². The van der Waals surface area contributed by atoms with Crippen LogP contribution in [0.3, 0.4) is 0 Å². The molecular formula is C10H18N4O. The van der Waals surface area contributed by atoms with Crippen LogP contribution in [0.1, 0.15) is 26.3 Å². The van der Waals surface area contributed by atoms with Crippen molar-refractivity contribution in [1.29, 1.82) is 0 Å². The number of aromatic nitrogens is 2. The lowest BCUT2D eigenvalue weighted by atomic mass is 10.4. The van der Waals surface area contributed by atoms with E-state index >= 15 is 0 Å². The minimum atomic E-state index is -0.0791. The summed E-state index contributed by atoms with van der Waals surface area (Å²) >= 11 is 0. The molecule has 0 radical (unpaired) electrons. The van der Waals surface area contributed by atoms with Gasteiger partial charge in [-0.3, -0.25) is 4.79 Å². The normalized spacial score (nSPS) is 10.7. The van der Waals surface area contributed by atoms with Crippen molar-refractivity contribution < 1.29 is 0 Å². The fourth-order valence-electron chi connectivity index (χ4n) is 1.26. The van der Waals surface area contributed by atoms with Crippen molar-refractivity contribution in [2.24, 2.45) is 5.73 Å². The highest BCUT2D eigenvalue weighted by atomic mass is 16.1. The summed E-state index contributed by atoms with van der Waals surface area (Å²) < 4.78 is 1.65. The highest BCUT2D eigenvalue weighted by Crippen LogP contribution is 2.01. The van der Waals surface area contributed by atoms with Crippen LogP contribution in [0.5, 0.6) is 0 Å². The molecule has 0 atom stereocenters. The van der Waals surface area contributed by atoms with Gasteiger partial charge in [-0.1, -0.05) is 0 Å². The van der Waals surface area contributed by atoms with Gasteiger partial charge in [0.2, 0.25) is 0 Å². The summed E-state index contributed by atoms with van der Waals surface area (Å²) in [4.78, 5) is 15.8. The molecule has 0 unspecified atom stereocenters. The van der Waals surface area contributed by atoms with E-state index < -0.39 is 0 Å². The summed E-state index contributed by atoms with van der Waals surface area (Å²) in [6.45, 7) is 5.22. The Bertz CT molecular complexity index is 359. The minimum absolute atomic E-state index is 0.0791. The Kier molecular flexibility index (Phi) is 4.30. The van der Waals surface area contributed by atoms with Crippen molar-refractivity contribution in [2.45, 2.75) is 26.3 Å². The summed E-state index contributed by atoms with van der Waals surface area (Å²) in [7, 11) is 0. The van der Waals surface area contributed by atoms with E-state index in [0.29, 0.717) is 18.9 Å². The number of nitrogens with zero attached hydrogens (tertiary/aromatic N) is 2. The first kappa shape index (κ1) is 11.7. The van der Waals surface area contributed by atoms with Crippen molar-refractivity contribution in [3.63, 3.8) is 0 Å². The molecule has 1 aromatic rings. The summed E-state index contributed by atoms with van der Waals surface area (Å²) in [5.41, 5.74) is 5.29. The zero-order valence-electron chi connectivity index (χ0n) is 9.23. The number of rotatable bonds is 5. The Morgan fingerprint density at radius 1 is 1.60 bits per heavy atom. The zero-order valence-corrected chi connectivity index (χ0v) is 9.23. The number of anilines is 1. The average Bonchev–Trinajstić information content (AvgIpc) is 2.20. The van der Waals surface area contributed by atoms with Crippen molar-refractivity contribution >= 4 is 5.82 Å². The predicted octanol–water partition coefficient (Wildman–Crippen LogP) is 0.585. The van der Waals surface area contributed by atoms with E-state index in [-0.39, 0.29) is 11.6 Å². The number of hydrogen-bond acceptors (Lipinski definition) is 4. The van der Waals surface area contributed by atoms with Gasteiger partial charge in [0.15, 0.2) is 5.82 Å². The standard InChI is InChI=1S/C10H18N4O/c1-8(2)14-7-6-13-9(10(14)15)12-5-3-4-11/h6-8H,3-5,11H2,1-2H3,(H,12,13). The van der Waals surface area contributed by atoms with Gasteiger partial charge in [-0.25, -0.2) is 4.98 Å². The molecule has 0 aromatic carbocycles. The fraction of sp³-hybridized carbons (Fsp3) is 0.600. The average molecular weight is 210 g/mol. The second kappa shape index (κ2) is 5.50. The molecule has 3 N–H and O–H groups in total. The summed E-state index contributed by atoms with van der Waals surface area (Å²) in [5.74, 6) is 0.402. The van der Waals surface area contributed by atoms with Gasteiger partial charge in [0, 0.05) is 25.0 Å². The SMILES string of the molecule is CC(C)n1ccnc(NCCCN)c1=O. The van der Waals surface area contributed by atoms with Crippen LogP contribution in [0.15, 0.2) is 17.2 Å². The molecule has 0 aliphatic rings. The maximum Gasteiger partial charge on any atom is 0.293 e. The van der Waals surface area contributed by atoms with Crippen LogP contribution in [0.2, 0.25) is 0 Å². The first-order chi connectivity index (χ1) is 7.16. The number of nitrogens with one attached hydrogen (secondary N) is 1. The van der Waals surface area contributed by atoms with Crippen molar-refractivity contribution in [1.82, 2.24) is 9.55 Å². The van der Waals surface area contributed by atoms with Gasteiger partial charge in [0.05, 0.1) is 0 Å². The maximum atomic E-state index is 11.8. The van der Waals surface area contributed by atoms with Gasteiger partial charge in [-0.2, -0.15) is 0 Å². The molecule has 84 valence electrons.